The molecule has 2 heteroatoms. The minimum absolute atomic E-state index is 0.474. The van der Waals surface area contributed by atoms with Gasteiger partial charge in [0.05, 0.1) is 6.61 Å². The summed E-state index contributed by atoms with van der Waals surface area (Å²) in [6.07, 6.45) is 2.35. The summed E-state index contributed by atoms with van der Waals surface area (Å²) in [7, 11) is 0. The van der Waals surface area contributed by atoms with Crippen LogP contribution in [0.3, 0.4) is 0 Å². The van der Waals surface area contributed by atoms with E-state index in [1.54, 1.807) is 0 Å². The molecule has 0 aliphatic carbocycles. The van der Waals surface area contributed by atoms with Crippen LogP contribution in [0.15, 0.2) is 0 Å². The molecule has 0 aliphatic heterocycles. The Balaban J connectivity index is 3.64. The molecule has 0 unspecified atom stereocenters. The quantitative estimate of drug-likeness (QED) is 0.452. The van der Waals surface area contributed by atoms with Gasteiger partial charge in [-0.1, -0.05) is 13.3 Å². The molecule has 0 aromatic heterocycles. The Kier molecular flexibility index (Phi) is 6.39. The van der Waals surface area contributed by atoms with E-state index in [0.717, 1.165) is 13.0 Å². The van der Waals surface area contributed by atoms with Gasteiger partial charge >= 0.3 is 0 Å². The van der Waals surface area contributed by atoms with Gasteiger partial charge in [-0.2, -0.15) is 5.06 Å². The van der Waals surface area contributed by atoms with Crippen LogP contribution in [0.1, 0.15) is 47.5 Å². The van der Waals surface area contributed by atoms with Crippen LogP contribution in [0.2, 0.25) is 0 Å². The Morgan fingerprint density at radius 2 is 1.58 bits per heavy atom. The minimum atomic E-state index is 0.474. The molecule has 0 radical (unpaired) electrons. The van der Waals surface area contributed by atoms with Crippen LogP contribution in [-0.4, -0.2) is 23.8 Å². The number of nitrogens with zero attached hydrogens (tertiary/aromatic N) is 1. The molecule has 0 spiro atoms. The first kappa shape index (κ1) is 11.9. The van der Waals surface area contributed by atoms with E-state index in [-0.39, 0.29) is 0 Å². The SMILES string of the molecule is CCCCON(C(C)C)C(C)C. The fourth-order valence-corrected chi connectivity index (χ4v) is 1.21. The summed E-state index contributed by atoms with van der Waals surface area (Å²) < 4.78 is 0. The Labute approximate surface area is 76.9 Å². The molecule has 0 saturated heterocycles. The lowest BCUT2D eigenvalue weighted by Crippen LogP contribution is -2.37. The molecule has 0 heterocycles. The standard InChI is InChI=1S/C10H23NO/c1-6-7-8-12-11(9(2)3)10(4)5/h9-10H,6-8H2,1-5H3. The molecule has 0 aromatic carbocycles. The van der Waals surface area contributed by atoms with Crippen molar-refractivity contribution < 1.29 is 4.84 Å². The van der Waals surface area contributed by atoms with Crippen molar-refractivity contribution in [2.75, 3.05) is 6.61 Å². The number of hydrogen-bond acceptors (Lipinski definition) is 2. The topological polar surface area (TPSA) is 12.5 Å². The number of hydroxylamine groups is 2. The normalized spacial score (nSPS) is 12.0. The van der Waals surface area contributed by atoms with Gasteiger partial charge in [-0.15, -0.1) is 0 Å². The highest BCUT2D eigenvalue weighted by Gasteiger charge is 2.12. The second-order valence-electron chi connectivity index (χ2n) is 3.73. The zero-order valence-electron chi connectivity index (χ0n) is 9.13. The van der Waals surface area contributed by atoms with Crippen molar-refractivity contribution in [3.63, 3.8) is 0 Å². The van der Waals surface area contributed by atoms with Crippen molar-refractivity contribution in [2.24, 2.45) is 0 Å². The van der Waals surface area contributed by atoms with E-state index in [9.17, 15) is 0 Å². The lowest BCUT2D eigenvalue weighted by atomic mass is 10.3. The van der Waals surface area contributed by atoms with E-state index in [2.05, 4.69) is 39.7 Å². The molecule has 0 aromatic rings. The van der Waals surface area contributed by atoms with Crippen LogP contribution < -0.4 is 0 Å². The van der Waals surface area contributed by atoms with Crippen molar-refractivity contribution in [3.05, 3.63) is 0 Å². The van der Waals surface area contributed by atoms with Crippen molar-refractivity contribution in [2.45, 2.75) is 59.5 Å². The smallest absolute Gasteiger partial charge is 0.0685 e. The fourth-order valence-electron chi connectivity index (χ4n) is 1.21. The third kappa shape index (κ3) is 4.73. The highest BCUT2D eigenvalue weighted by atomic mass is 16.7. The lowest BCUT2D eigenvalue weighted by molar-refractivity contribution is -0.199. The molecule has 0 rings (SSSR count). The van der Waals surface area contributed by atoms with Gasteiger partial charge in [0.25, 0.3) is 0 Å². The van der Waals surface area contributed by atoms with Crippen molar-refractivity contribution in [1.29, 1.82) is 0 Å². The zero-order valence-corrected chi connectivity index (χ0v) is 9.13. The fraction of sp³-hybridized carbons (Fsp3) is 1.00. The second-order valence-corrected chi connectivity index (χ2v) is 3.73. The second kappa shape index (κ2) is 6.44. The number of rotatable bonds is 6. The summed E-state index contributed by atoms with van der Waals surface area (Å²) in [4.78, 5) is 5.64. The largest absolute Gasteiger partial charge is 0.299 e. The van der Waals surface area contributed by atoms with Gasteiger partial charge in [-0.3, -0.25) is 4.84 Å². The first-order valence-corrected chi connectivity index (χ1v) is 5.00. The van der Waals surface area contributed by atoms with Gasteiger partial charge in [-0.25, -0.2) is 0 Å². The molecule has 2 nitrogen and oxygen atoms in total. The molecule has 0 fully saturated rings. The van der Waals surface area contributed by atoms with E-state index >= 15 is 0 Å². The van der Waals surface area contributed by atoms with Gasteiger partial charge < -0.3 is 0 Å². The van der Waals surface area contributed by atoms with E-state index in [4.69, 9.17) is 4.84 Å². The van der Waals surface area contributed by atoms with Gasteiger partial charge in [-0.05, 0) is 34.1 Å². The molecule has 0 N–H and O–H groups in total. The van der Waals surface area contributed by atoms with Crippen LogP contribution in [0.25, 0.3) is 0 Å². The molecule has 0 amide bonds. The Morgan fingerprint density at radius 3 is 1.92 bits per heavy atom. The van der Waals surface area contributed by atoms with Crippen LogP contribution >= 0.6 is 0 Å². The van der Waals surface area contributed by atoms with E-state index in [1.165, 1.54) is 6.42 Å². The molecule has 0 aliphatic rings. The predicted octanol–water partition coefficient (Wildman–Crippen LogP) is 2.84. The van der Waals surface area contributed by atoms with Crippen molar-refractivity contribution >= 4 is 0 Å². The van der Waals surface area contributed by atoms with Crippen LogP contribution in [0, 0.1) is 0 Å². The molecular weight excluding hydrogens is 150 g/mol. The van der Waals surface area contributed by atoms with Crippen molar-refractivity contribution in [3.8, 4) is 0 Å². The third-order valence-electron chi connectivity index (χ3n) is 1.76. The maximum Gasteiger partial charge on any atom is 0.0685 e. The molecule has 12 heavy (non-hydrogen) atoms. The summed E-state index contributed by atoms with van der Waals surface area (Å²) in [6.45, 7) is 11.7. The third-order valence-corrected chi connectivity index (χ3v) is 1.76. The summed E-state index contributed by atoms with van der Waals surface area (Å²) in [5, 5.41) is 2.07. The molecule has 0 atom stereocenters. The predicted molar refractivity (Wildman–Crippen MR) is 53.0 cm³/mol. The molecular formula is C10H23NO. The van der Waals surface area contributed by atoms with Gasteiger partial charge in [0.2, 0.25) is 0 Å². The monoisotopic (exact) mass is 173 g/mol. The van der Waals surface area contributed by atoms with Crippen LogP contribution in [0.5, 0.6) is 0 Å². The molecule has 0 saturated carbocycles. The Hall–Kier alpha value is -0.0800. The zero-order chi connectivity index (χ0) is 9.56. The summed E-state index contributed by atoms with van der Waals surface area (Å²) in [5.74, 6) is 0. The first-order chi connectivity index (χ1) is 5.59. The van der Waals surface area contributed by atoms with E-state index in [0.29, 0.717) is 12.1 Å². The highest BCUT2D eigenvalue weighted by molar-refractivity contribution is 4.57. The van der Waals surface area contributed by atoms with Crippen LogP contribution in [0.4, 0.5) is 0 Å². The van der Waals surface area contributed by atoms with Crippen molar-refractivity contribution in [1.82, 2.24) is 5.06 Å². The average molecular weight is 173 g/mol. The molecule has 74 valence electrons. The highest BCUT2D eigenvalue weighted by Crippen LogP contribution is 2.06. The summed E-state index contributed by atoms with van der Waals surface area (Å²) in [6, 6.07) is 0.948. The van der Waals surface area contributed by atoms with Gasteiger partial charge in [0, 0.05) is 12.1 Å². The van der Waals surface area contributed by atoms with Gasteiger partial charge in [0.15, 0.2) is 0 Å². The maximum atomic E-state index is 5.64. The first-order valence-electron chi connectivity index (χ1n) is 5.00. The number of hydrogen-bond donors (Lipinski definition) is 0. The Morgan fingerprint density at radius 1 is 1.08 bits per heavy atom. The minimum Gasteiger partial charge on any atom is -0.299 e. The summed E-state index contributed by atoms with van der Waals surface area (Å²) in [5.41, 5.74) is 0. The number of unbranched alkanes of at least 4 members (excludes halogenated alkanes) is 1. The summed E-state index contributed by atoms with van der Waals surface area (Å²) >= 11 is 0. The molecule has 0 bridgehead atoms. The van der Waals surface area contributed by atoms with Crippen LogP contribution in [-0.2, 0) is 4.84 Å². The lowest BCUT2D eigenvalue weighted by Gasteiger charge is -2.29. The van der Waals surface area contributed by atoms with E-state index < -0.39 is 0 Å². The average Bonchev–Trinajstić information content (AvgIpc) is 1.96. The Bertz CT molecular complexity index is 94.0. The van der Waals surface area contributed by atoms with E-state index in [1.807, 2.05) is 0 Å². The van der Waals surface area contributed by atoms with Gasteiger partial charge in [0.1, 0.15) is 0 Å². The maximum absolute atomic E-state index is 5.64.